The van der Waals surface area contributed by atoms with Gasteiger partial charge in [-0.25, -0.2) is 0 Å². The Kier molecular flexibility index (Phi) is 3.56. The van der Waals surface area contributed by atoms with E-state index in [1.807, 2.05) is 25.1 Å². The zero-order valence-corrected chi connectivity index (χ0v) is 11.3. The Morgan fingerprint density at radius 1 is 1.42 bits per heavy atom. The summed E-state index contributed by atoms with van der Waals surface area (Å²) in [5.74, 6) is 0.213. The molecule has 0 aliphatic carbocycles. The average molecular weight is 263 g/mol. The fourth-order valence-electron chi connectivity index (χ4n) is 3.17. The monoisotopic (exact) mass is 263 g/mol. The van der Waals surface area contributed by atoms with Crippen LogP contribution in [0, 0.1) is 12.8 Å². The van der Waals surface area contributed by atoms with Crippen LogP contribution < -0.4 is 0 Å². The van der Waals surface area contributed by atoms with Crippen LogP contribution in [0.1, 0.15) is 36.8 Å². The van der Waals surface area contributed by atoms with Gasteiger partial charge in [0.1, 0.15) is 0 Å². The van der Waals surface area contributed by atoms with E-state index in [1.54, 1.807) is 0 Å². The molecule has 2 fully saturated rings. The van der Waals surface area contributed by atoms with E-state index in [-0.39, 0.29) is 11.5 Å². The van der Waals surface area contributed by atoms with Gasteiger partial charge in [0.05, 0.1) is 24.0 Å². The number of ether oxygens (including phenoxy) is 2. The second-order valence-electron chi connectivity index (χ2n) is 5.74. The number of pyridine rings is 1. The highest BCUT2D eigenvalue weighted by atomic mass is 16.6. The smallest absolute Gasteiger partial charge is 0.0989 e. The summed E-state index contributed by atoms with van der Waals surface area (Å²) in [5, 5.41) is 10.6. The number of aliphatic hydroxyl groups excluding tert-OH is 1. The molecular weight excluding hydrogens is 242 g/mol. The molecule has 3 unspecified atom stereocenters. The number of aromatic nitrogens is 1. The van der Waals surface area contributed by atoms with Gasteiger partial charge in [0.2, 0.25) is 0 Å². The van der Waals surface area contributed by atoms with E-state index in [9.17, 15) is 5.11 Å². The number of aliphatic hydroxyl groups is 1. The average Bonchev–Trinajstić information content (AvgIpc) is 2.86. The Bertz CT molecular complexity index is 443. The van der Waals surface area contributed by atoms with Crippen LogP contribution in [0.3, 0.4) is 0 Å². The lowest BCUT2D eigenvalue weighted by atomic mass is 9.81. The number of hydrogen-bond donors (Lipinski definition) is 1. The molecule has 1 aromatic rings. The molecule has 0 aromatic carbocycles. The van der Waals surface area contributed by atoms with Crippen molar-refractivity contribution < 1.29 is 14.6 Å². The molecule has 1 aromatic heterocycles. The zero-order chi connectivity index (χ0) is 13.3. The molecule has 2 aliphatic heterocycles. The highest BCUT2D eigenvalue weighted by molar-refractivity contribution is 5.13. The topological polar surface area (TPSA) is 51.6 Å². The molecule has 2 saturated heterocycles. The van der Waals surface area contributed by atoms with Crippen molar-refractivity contribution in [2.24, 2.45) is 5.92 Å². The van der Waals surface area contributed by atoms with Gasteiger partial charge in [-0.2, -0.15) is 0 Å². The van der Waals surface area contributed by atoms with Gasteiger partial charge >= 0.3 is 0 Å². The molecule has 1 spiro atoms. The molecule has 0 amide bonds. The maximum atomic E-state index is 10.6. The van der Waals surface area contributed by atoms with Gasteiger partial charge in [-0.15, -0.1) is 0 Å². The summed E-state index contributed by atoms with van der Waals surface area (Å²) in [6, 6.07) is 5.81. The zero-order valence-electron chi connectivity index (χ0n) is 11.3. The molecule has 3 atom stereocenters. The van der Waals surface area contributed by atoms with Gasteiger partial charge in [0.25, 0.3) is 0 Å². The van der Waals surface area contributed by atoms with E-state index in [0.717, 1.165) is 37.3 Å². The Morgan fingerprint density at radius 2 is 2.32 bits per heavy atom. The second kappa shape index (κ2) is 5.19. The first kappa shape index (κ1) is 13.0. The number of hydrogen-bond acceptors (Lipinski definition) is 4. The summed E-state index contributed by atoms with van der Waals surface area (Å²) in [5.41, 5.74) is 1.57. The molecule has 19 heavy (non-hydrogen) atoms. The number of aryl methyl sites for hydroxylation is 1. The van der Waals surface area contributed by atoms with Crippen LogP contribution in [0.5, 0.6) is 0 Å². The lowest BCUT2D eigenvalue weighted by molar-refractivity contribution is -0.117. The standard InChI is InChI=1S/C15H21NO3/c1-11-3-2-4-13(16-11)14(17)12-5-7-19-15(9-12)6-8-18-10-15/h2-4,12,14,17H,5-10H2,1H3. The van der Waals surface area contributed by atoms with E-state index in [4.69, 9.17) is 9.47 Å². The molecule has 2 aliphatic rings. The van der Waals surface area contributed by atoms with E-state index >= 15 is 0 Å². The molecule has 4 nitrogen and oxygen atoms in total. The second-order valence-corrected chi connectivity index (χ2v) is 5.74. The minimum atomic E-state index is -0.499. The number of rotatable bonds is 2. The van der Waals surface area contributed by atoms with E-state index < -0.39 is 6.10 Å². The predicted octanol–water partition coefficient (Wildman–Crippen LogP) is 2.01. The molecule has 104 valence electrons. The third-order valence-corrected chi connectivity index (χ3v) is 4.26. The highest BCUT2D eigenvalue weighted by Crippen LogP contribution is 2.40. The Balaban J connectivity index is 1.74. The first-order valence-corrected chi connectivity index (χ1v) is 7.02. The van der Waals surface area contributed by atoms with Crippen LogP contribution in [-0.4, -0.2) is 35.5 Å². The van der Waals surface area contributed by atoms with Gasteiger partial charge in [-0.3, -0.25) is 4.98 Å². The summed E-state index contributed by atoms with van der Waals surface area (Å²) < 4.78 is 11.4. The largest absolute Gasteiger partial charge is 0.387 e. The van der Waals surface area contributed by atoms with E-state index in [2.05, 4.69) is 4.98 Å². The maximum Gasteiger partial charge on any atom is 0.0989 e. The highest BCUT2D eigenvalue weighted by Gasteiger charge is 2.43. The Morgan fingerprint density at radius 3 is 3.05 bits per heavy atom. The molecule has 3 heterocycles. The third-order valence-electron chi connectivity index (χ3n) is 4.26. The fourth-order valence-corrected chi connectivity index (χ4v) is 3.17. The van der Waals surface area contributed by atoms with Crippen molar-refractivity contribution in [1.29, 1.82) is 0 Å². The van der Waals surface area contributed by atoms with E-state index in [1.165, 1.54) is 0 Å². The molecular formula is C15H21NO3. The maximum absolute atomic E-state index is 10.6. The summed E-state index contributed by atoms with van der Waals surface area (Å²) in [6.45, 7) is 4.09. The Labute approximate surface area is 113 Å². The van der Waals surface area contributed by atoms with Gasteiger partial charge in [-0.05, 0) is 37.8 Å². The molecule has 3 rings (SSSR count). The van der Waals surface area contributed by atoms with Crippen LogP contribution in [0.15, 0.2) is 18.2 Å². The van der Waals surface area contributed by atoms with Crippen LogP contribution in [0.25, 0.3) is 0 Å². The van der Waals surface area contributed by atoms with Crippen LogP contribution in [0.2, 0.25) is 0 Å². The van der Waals surface area contributed by atoms with Crippen LogP contribution >= 0.6 is 0 Å². The first-order chi connectivity index (χ1) is 9.19. The van der Waals surface area contributed by atoms with Gasteiger partial charge in [-0.1, -0.05) is 6.07 Å². The molecule has 0 bridgehead atoms. The summed E-state index contributed by atoms with van der Waals surface area (Å²) in [6.07, 6.45) is 2.20. The lowest BCUT2D eigenvalue weighted by Crippen LogP contribution is -2.42. The fraction of sp³-hybridized carbons (Fsp3) is 0.667. The molecule has 1 N–H and O–H groups in total. The molecule has 4 heteroatoms. The Hall–Kier alpha value is -0.970. The van der Waals surface area contributed by atoms with Crippen LogP contribution in [-0.2, 0) is 9.47 Å². The first-order valence-electron chi connectivity index (χ1n) is 7.02. The van der Waals surface area contributed by atoms with Crippen molar-refractivity contribution in [2.45, 2.75) is 37.9 Å². The normalized spacial score (nSPS) is 32.6. The van der Waals surface area contributed by atoms with Crippen molar-refractivity contribution in [1.82, 2.24) is 4.98 Å². The van der Waals surface area contributed by atoms with Gasteiger partial charge in [0.15, 0.2) is 0 Å². The third kappa shape index (κ3) is 2.66. The van der Waals surface area contributed by atoms with Crippen molar-refractivity contribution in [3.05, 3.63) is 29.6 Å². The minimum absolute atomic E-state index is 0.159. The summed E-state index contributed by atoms with van der Waals surface area (Å²) in [7, 11) is 0. The van der Waals surface area contributed by atoms with E-state index in [0.29, 0.717) is 13.2 Å². The van der Waals surface area contributed by atoms with Crippen molar-refractivity contribution in [3.8, 4) is 0 Å². The summed E-state index contributed by atoms with van der Waals surface area (Å²) in [4.78, 5) is 4.44. The molecule has 0 saturated carbocycles. The summed E-state index contributed by atoms with van der Waals surface area (Å²) >= 11 is 0. The number of nitrogens with zero attached hydrogens (tertiary/aromatic N) is 1. The lowest BCUT2D eigenvalue weighted by Gasteiger charge is -2.38. The van der Waals surface area contributed by atoms with Gasteiger partial charge < -0.3 is 14.6 Å². The van der Waals surface area contributed by atoms with Gasteiger partial charge in [0, 0.05) is 25.3 Å². The van der Waals surface area contributed by atoms with Crippen molar-refractivity contribution in [2.75, 3.05) is 19.8 Å². The predicted molar refractivity (Wildman–Crippen MR) is 70.8 cm³/mol. The van der Waals surface area contributed by atoms with Crippen molar-refractivity contribution in [3.63, 3.8) is 0 Å². The van der Waals surface area contributed by atoms with Crippen molar-refractivity contribution >= 4 is 0 Å². The quantitative estimate of drug-likeness (QED) is 0.886. The van der Waals surface area contributed by atoms with Crippen LogP contribution in [0.4, 0.5) is 0 Å². The minimum Gasteiger partial charge on any atom is -0.387 e. The SMILES string of the molecule is Cc1cccc(C(O)C2CCOC3(CCOC3)C2)n1. The molecule has 0 radical (unpaired) electrons.